The van der Waals surface area contributed by atoms with E-state index in [1.165, 1.54) is 4.57 Å². The highest BCUT2D eigenvalue weighted by Gasteiger charge is 2.21. The molecule has 0 saturated heterocycles. The molecule has 1 aromatic rings. The molecule has 0 aliphatic rings. The number of aromatic nitrogens is 1. The lowest BCUT2D eigenvalue weighted by atomic mass is 10.1. The first-order chi connectivity index (χ1) is 8.34. The third-order valence-electron chi connectivity index (χ3n) is 2.32. The zero-order valence-corrected chi connectivity index (χ0v) is 11.1. The normalized spacial score (nSPS) is 11.1. The summed E-state index contributed by atoms with van der Waals surface area (Å²) in [6, 6.07) is 0. The maximum absolute atomic E-state index is 12.0. The molecule has 1 aromatic heterocycles. The predicted octanol–water partition coefficient (Wildman–Crippen LogP) is 3.05. The Morgan fingerprint density at radius 1 is 1.44 bits per heavy atom. The van der Waals surface area contributed by atoms with Crippen molar-refractivity contribution in [2.24, 2.45) is 0 Å². The minimum absolute atomic E-state index is 0.169. The Morgan fingerprint density at radius 2 is 2.06 bits per heavy atom. The topological polar surface area (TPSA) is 51.5 Å². The maximum Gasteiger partial charge on any atom is 0.419 e. The Hall–Kier alpha value is -1.81. The molecule has 4 heteroatoms. The first kappa shape index (κ1) is 14.3. The first-order valence-corrected chi connectivity index (χ1v) is 5.67. The van der Waals surface area contributed by atoms with Crippen LogP contribution in [0.25, 0.3) is 12.2 Å². The zero-order chi connectivity index (χ0) is 13.9. The lowest BCUT2D eigenvalue weighted by Gasteiger charge is -2.20. The molecule has 1 N–H and O–H groups in total. The van der Waals surface area contributed by atoms with E-state index in [4.69, 9.17) is 4.74 Å². The van der Waals surface area contributed by atoms with Crippen molar-refractivity contribution in [1.29, 1.82) is 0 Å². The maximum atomic E-state index is 12.0. The lowest BCUT2D eigenvalue weighted by molar-refractivity contribution is 0.0536. The van der Waals surface area contributed by atoms with Gasteiger partial charge in [-0.25, -0.2) is 4.79 Å². The molecule has 0 saturated carbocycles. The van der Waals surface area contributed by atoms with Gasteiger partial charge in [0.25, 0.3) is 0 Å². The van der Waals surface area contributed by atoms with E-state index in [0.717, 1.165) is 0 Å². The molecule has 0 amide bonds. The van der Waals surface area contributed by atoms with Crippen LogP contribution in [0.3, 0.4) is 0 Å². The number of carbonyl (C=O) groups is 1. The van der Waals surface area contributed by atoms with Crippen molar-refractivity contribution in [1.82, 2.24) is 4.57 Å². The van der Waals surface area contributed by atoms with Crippen LogP contribution in [0.2, 0.25) is 0 Å². The van der Waals surface area contributed by atoms with Crippen molar-refractivity contribution in [3.05, 3.63) is 36.2 Å². The van der Waals surface area contributed by atoms with Gasteiger partial charge in [-0.2, -0.15) is 0 Å². The van der Waals surface area contributed by atoms with Crippen molar-refractivity contribution in [3.8, 4) is 0 Å². The molecule has 0 spiro atoms. The molecule has 4 nitrogen and oxygen atoms in total. The highest BCUT2D eigenvalue weighted by molar-refractivity contribution is 5.79. The monoisotopic (exact) mass is 249 g/mol. The second-order valence-corrected chi connectivity index (χ2v) is 4.87. The second-order valence-electron chi connectivity index (χ2n) is 4.87. The van der Waals surface area contributed by atoms with E-state index < -0.39 is 11.7 Å². The molecule has 0 radical (unpaired) electrons. The standard InChI is InChI=1S/C14H19NO3/c1-6-11-10(9-16)8-15(12(11)7-2)13(17)18-14(3,4)5/h6-8,16H,1-2,9H2,3-5H3. The van der Waals surface area contributed by atoms with E-state index >= 15 is 0 Å². The second kappa shape index (κ2) is 5.23. The van der Waals surface area contributed by atoms with Crippen LogP contribution in [-0.4, -0.2) is 21.4 Å². The zero-order valence-electron chi connectivity index (χ0n) is 11.1. The van der Waals surface area contributed by atoms with Gasteiger partial charge in [0.1, 0.15) is 5.60 Å². The Bertz CT molecular complexity index is 478. The highest BCUT2D eigenvalue weighted by Crippen LogP contribution is 2.22. The fourth-order valence-corrected chi connectivity index (χ4v) is 1.62. The summed E-state index contributed by atoms with van der Waals surface area (Å²) in [6.07, 6.45) is 4.17. The summed E-state index contributed by atoms with van der Waals surface area (Å²) in [7, 11) is 0. The van der Waals surface area contributed by atoms with Crippen molar-refractivity contribution < 1.29 is 14.6 Å². The number of rotatable bonds is 3. The van der Waals surface area contributed by atoms with Crippen LogP contribution in [0.5, 0.6) is 0 Å². The van der Waals surface area contributed by atoms with Crippen LogP contribution in [0.1, 0.15) is 37.6 Å². The fourth-order valence-electron chi connectivity index (χ4n) is 1.62. The van der Waals surface area contributed by atoms with Crippen molar-refractivity contribution in [2.45, 2.75) is 33.0 Å². The Labute approximate surface area is 107 Å². The molecule has 98 valence electrons. The number of hydrogen-bond donors (Lipinski definition) is 1. The van der Waals surface area contributed by atoms with Gasteiger partial charge in [-0.1, -0.05) is 19.2 Å². The van der Waals surface area contributed by atoms with Crippen LogP contribution in [-0.2, 0) is 11.3 Å². The molecule has 0 atom stereocenters. The van der Waals surface area contributed by atoms with Crippen molar-refractivity contribution in [2.75, 3.05) is 0 Å². The van der Waals surface area contributed by atoms with Gasteiger partial charge < -0.3 is 9.84 Å². The van der Waals surface area contributed by atoms with Crippen LogP contribution in [0.4, 0.5) is 4.79 Å². The van der Waals surface area contributed by atoms with Gasteiger partial charge in [-0.05, 0) is 26.8 Å². The van der Waals surface area contributed by atoms with Gasteiger partial charge in [0, 0.05) is 17.3 Å². The first-order valence-electron chi connectivity index (χ1n) is 5.67. The van der Waals surface area contributed by atoms with E-state index in [9.17, 15) is 9.90 Å². The number of hydrogen-bond acceptors (Lipinski definition) is 3. The minimum Gasteiger partial charge on any atom is -0.443 e. The smallest absolute Gasteiger partial charge is 0.419 e. The minimum atomic E-state index is -0.576. The van der Waals surface area contributed by atoms with Gasteiger partial charge in [-0.3, -0.25) is 4.57 Å². The summed E-state index contributed by atoms with van der Waals surface area (Å²) in [5, 5.41) is 9.25. The summed E-state index contributed by atoms with van der Waals surface area (Å²) in [6.45, 7) is 12.6. The molecule has 1 rings (SSSR count). The third kappa shape index (κ3) is 2.90. The molecule has 1 heterocycles. The van der Waals surface area contributed by atoms with Gasteiger partial charge in [0.15, 0.2) is 0 Å². The highest BCUT2D eigenvalue weighted by atomic mass is 16.6. The van der Waals surface area contributed by atoms with Gasteiger partial charge in [-0.15, -0.1) is 0 Å². The summed E-state index contributed by atoms with van der Waals surface area (Å²) in [4.78, 5) is 12.0. The van der Waals surface area contributed by atoms with Crippen LogP contribution >= 0.6 is 0 Å². The fraction of sp³-hybridized carbons (Fsp3) is 0.357. The van der Waals surface area contributed by atoms with Crippen LogP contribution in [0.15, 0.2) is 19.4 Å². The Kier molecular flexibility index (Phi) is 4.14. The molecule has 0 fully saturated rings. The molecule has 0 aromatic carbocycles. The number of nitrogens with zero attached hydrogens (tertiary/aromatic N) is 1. The molecule has 0 unspecified atom stereocenters. The van der Waals surface area contributed by atoms with Crippen LogP contribution < -0.4 is 0 Å². The largest absolute Gasteiger partial charge is 0.443 e. The van der Waals surface area contributed by atoms with Crippen molar-refractivity contribution >= 4 is 18.2 Å². The van der Waals surface area contributed by atoms with E-state index in [-0.39, 0.29) is 6.61 Å². The van der Waals surface area contributed by atoms with E-state index in [2.05, 4.69) is 13.2 Å². The number of aliphatic hydroxyl groups excluding tert-OH is 1. The molecular formula is C14H19NO3. The average molecular weight is 249 g/mol. The quantitative estimate of drug-likeness (QED) is 0.895. The summed E-state index contributed by atoms with van der Waals surface area (Å²) in [5.74, 6) is 0. The Morgan fingerprint density at radius 3 is 2.44 bits per heavy atom. The van der Waals surface area contributed by atoms with Gasteiger partial charge in [0.2, 0.25) is 0 Å². The molecule has 0 aliphatic heterocycles. The average Bonchev–Trinajstić information content (AvgIpc) is 2.63. The number of aliphatic hydroxyl groups is 1. The molecule has 0 aliphatic carbocycles. The van der Waals surface area contributed by atoms with E-state index in [1.807, 2.05) is 0 Å². The third-order valence-corrected chi connectivity index (χ3v) is 2.32. The van der Waals surface area contributed by atoms with Gasteiger partial charge in [0.05, 0.1) is 12.3 Å². The van der Waals surface area contributed by atoms with Crippen LogP contribution in [0, 0.1) is 0 Å². The predicted molar refractivity (Wildman–Crippen MR) is 72.2 cm³/mol. The van der Waals surface area contributed by atoms with Crippen molar-refractivity contribution in [3.63, 3.8) is 0 Å². The molecular weight excluding hydrogens is 230 g/mol. The number of ether oxygens (including phenoxy) is 1. The molecule has 18 heavy (non-hydrogen) atoms. The Balaban J connectivity index is 3.24. The summed E-state index contributed by atoms with van der Waals surface area (Å²) < 4.78 is 6.62. The summed E-state index contributed by atoms with van der Waals surface area (Å²) >= 11 is 0. The van der Waals surface area contributed by atoms with E-state index in [1.54, 1.807) is 39.1 Å². The lowest BCUT2D eigenvalue weighted by Crippen LogP contribution is -2.27. The SMILES string of the molecule is C=Cc1c(CO)cn(C(=O)OC(C)(C)C)c1C=C. The van der Waals surface area contributed by atoms with Gasteiger partial charge >= 0.3 is 6.09 Å². The summed E-state index contributed by atoms with van der Waals surface area (Å²) in [5.41, 5.74) is 1.31. The van der Waals surface area contributed by atoms with E-state index in [0.29, 0.717) is 16.8 Å². The number of carbonyl (C=O) groups excluding carboxylic acids is 1. The molecule has 0 bridgehead atoms.